The standard InChI is InChI=1S/C20H12N2O4/c23-18-15-5-1-3-13-4-2-6-16(17(13)15)19(24)22(18)21-11-12-7-9-14(10-8-12)20(25)26/h1-11H,(H,25,26). The second-order valence-electron chi connectivity index (χ2n) is 5.80. The fraction of sp³-hybridized carbons (Fsp3) is 0. The van der Waals surface area contributed by atoms with Gasteiger partial charge in [0.05, 0.1) is 22.9 Å². The van der Waals surface area contributed by atoms with E-state index in [1.165, 1.54) is 18.3 Å². The van der Waals surface area contributed by atoms with Gasteiger partial charge in [0.25, 0.3) is 11.8 Å². The maximum absolute atomic E-state index is 12.7. The number of carboxylic acids is 1. The van der Waals surface area contributed by atoms with E-state index >= 15 is 0 Å². The number of aromatic carboxylic acids is 1. The second kappa shape index (κ2) is 5.93. The third kappa shape index (κ3) is 2.44. The van der Waals surface area contributed by atoms with Gasteiger partial charge in [0.2, 0.25) is 0 Å². The van der Waals surface area contributed by atoms with Crippen LogP contribution in [0.15, 0.2) is 65.8 Å². The molecule has 0 saturated heterocycles. The van der Waals surface area contributed by atoms with E-state index < -0.39 is 17.8 Å². The number of imide groups is 1. The summed E-state index contributed by atoms with van der Waals surface area (Å²) in [5.74, 6) is -2.00. The van der Waals surface area contributed by atoms with E-state index in [0.717, 1.165) is 10.4 Å². The first kappa shape index (κ1) is 15.7. The second-order valence-corrected chi connectivity index (χ2v) is 5.80. The fourth-order valence-electron chi connectivity index (χ4n) is 2.96. The summed E-state index contributed by atoms with van der Waals surface area (Å²) in [4.78, 5) is 36.3. The van der Waals surface area contributed by atoms with Crippen LogP contribution in [-0.2, 0) is 0 Å². The van der Waals surface area contributed by atoms with Crippen LogP contribution < -0.4 is 0 Å². The number of hydrogen-bond acceptors (Lipinski definition) is 4. The summed E-state index contributed by atoms with van der Waals surface area (Å²) in [7, 11) is 0. The van der Waals surface area contributed by atoms with Gasteiger partial charge >= 0.3 is 5.97 Å². The minimum Gasteiger partial charge on any atom is -0.478 e. The van der Waals surface area contributed by atoms with Gasteiger partial charge in [0.15, 0.2) is 0 Å². The predicted molar refractivity (Wildman–Crippen MR) is 95.4 cm³/mol. The third-order valence-corrected chi connectivity index (χ3v) is 4.23. The summed E-state index contributed by atoms with van der Waals surface area (Å²) in [6.45, 7) is 0. The molecule has 1 aliphatic heterocycles. The van der Waals surface area contributed by atoms with Crippen molar-refractivity contribution in [1.29, 1.82) is 0 Å². The number of carbonyl (C=O) groups excluding carboxylic acids is 2. The Morgan fingerprint density at radius 3 is 2.00 bits per heavy atom. The highest BCUT2D eigenvalue weighted by Crippen LogP contribution is 2.29. The summed E-state index contributed by atoms with van der Waals surface area (Å²) in [6, 6.07) is 16.6. The highest BCUT2D eigenvalue weighted by Gasteiger charge is 2.32. The van der Waals surface area contributed by atoms with Gasteiger partial charge in [-0.05, 0) is 35.2 Å². The van der Waals surface area contributed by atoms with Crippen molar-refractivity contribution in [3.63, 3.8) is 0 Å². The zero-order valence-electron chi connectivity index (χ0n) is 13.4. The van der Waals surface area contributed by atoms with Crippen molar-refractivity contribution in [2.24, 2.45) is 5.10 Å². The molecule has 1 aliphatic rings. The Morgan fingerprint density at radius 1 is 0.885 bits per heavy atom. The molecular weight excluding hydrogens is 332 g/mol. The molecule has 6 nitrogen and oxygen atoms in total. The Hall–Kier alpha value is -3.80. The van der Waals surface area contributed by atoms with Crippen LogP contribution in [-0.4, -0.2) is 34.1 Å². The van der Waals surface area contributed by atoms with Crippen LogP contribution >= 0.6 is 0 Å². The Morgan fingerprint density at radius 2 is 1.46 bits per heavy atom. The Kier molecular flexibility index (Phi) is 3.58. The Labute approximate surface area is 148 Å². The number of nitrogens with zero attached hydrogens (tertiary/aromatic N) is 2. The van der Waals surface area contributed by atoms with Crippen LogP contribution in [0.5, 0.6) is 0 Å². The fourth-order valence-corrected chi connectivity index (χ4v) is 2.96. The molecule has 0 unspecified atom stereocenters. The molecule has 6 heteroatoms. The molecule has 126 valence electrons. The minimum atomic E-state index is -1.03. The van der Waals surface area contributed by atoms with Crippen LogP contribution in [0.4, 0.5) is 0 Å². The van der Waals surface area contributed by atoms with Gasteiger partial charge in [-0.3, -0.25) is 9.59 Å². The highest BCUT2D eigenvalue weighted by molar-refractivity contribution is 6.25. The monoisotopic (exact) mass is 344 g/mol. The van der Waals surface area contributed by atoms with Crippen LogP contribution in [0.2, 0.25) is 0 Å². The molecule has 2 amide bonds. The molecule has 0 atom stereocenters. The number of carbonyl (C=O) groups is 3. The van der Waals surface area contributed by atoms with Gasteiger partial charge in [-0.15, -0.1) is 0 Å². The van der Waals surface area contributed by atoms with Crippen molar-refractivity contribution < 1.29 is 19.5 Å². The van der Waals surface area contributed by atoms with Crippen molar-refractivity contribution >= 4 is 34.8 Å². The van der Waals surface area contributed by atoms with Crippen molar-refractivity contribution in [1.82, 2.24) is 5.01 Å². The summed E-state index contributed by atoms with van der Waals surface area (Å²) >= 11 is 0. The molecule has 1 N–H and O–H groups in total. The molecule has 0 fully saturated rings. The van der Waals surface area contributed by atoms with Crippen LogP contribution in [0, 0.1) is 0 Å². The van der Waals surface area contributed by atoms with E-state index in [1.807, 2.05) is 12.1 Å². The van der Waals surface area contributed by atoms with Crippen LogP contribution in [0.1, 0.15) is 36.6 Å². The number of hydrogen-bond donors (Lipinski definition) is 1. The summed E-state index contributed by atoms with van der Waals surface area (Å²) < 4.78 is 0. The van der Waals surface area contributed by atoms with E-state index in [1.54, 1.807) is 36.4 Å². The summed E-state index contributed by atoms with van der Waals surface area (Å²) in [6.07, 6.45) is 1.36. The zero-order chi connectivity index (χ0) is 18.3. The maximum atomic E-state index is 12.7. The van der Waals surface area contributed by atoms with Crippen molar-refractivity contribution in [3.05, 3.63) is 82.9 Å². The lowest BCUT2D eigenvalue weighted by Crippen LogP contribution is -2.36. The van der Waals surface area contributed by atoms with E-state index in [9.17, 15) is 14.4 Å². The number of amides is 2. The lowest BCUT2D eigenvalue weighted by atomic mass is 9.95. The largest absolute Gasteiger partial charge is 0.478 e. The lowest BCUT2D eigenvalue weighted by Gasteiger charge is -2.22. The molecular formula is C20H12N2O4. The Bertz CT molecular complexity index is 1050. The Balaban J connectivity index is 1.71. The molecule has 0 radical (unpaired) electrons. The first-order valence-electron chi connectivity index (χ1n) is 7.84. The average Bonchev–Trinajstić information content (AvgIpc) is 2.66. The van der Waals surface area contributed by atoms with Crippen molar-refractivity contribution in [2.45, 2.75) is 0 Å². The number of benzene rings is 3. The summed E-state index contributed by atoms with van der Waals surface area (Å²) in [5.41, 5.74) is 1.58. The van der Waals surface area contributed by atoms with Gasteiger partial charge < -0.3 is 5.11 Å². The molecule has 4 rings (SSSR count). The van der Waals surface area contributed by atoms with Gasteiger partial charge in [-0.25, -0.2) is 4.79 Å². The molecule has 0 aromatic heterocycles. The third-order valence-electron chi connectivity index (χ3n) is 4.23. The van der Waals surface area contributed by atoms with Gasteiger partial charge in [0.1, 0.15) is 0 Å². The normalized spacial score (nSPS) is 13.6. The van der Waals surface area contributed by atoms with Crippen molar-refractivity contribution in [2.75, 3.05) is 0 Å². The number of rotatable bonds is 3. The van der Waals surface area contributed by atoms with Crippen LogP contribution in [0.3, 0.4) is 0 Å². The first-order valence-corrected chi connectivity index (χ1v) is 7.84. The lowest BCUT2D eigenvalue weighted by molar-refractivity contribution is 0.0614. The van der Waals surface area contributed by atoms with Crippen molar-refractivity contribution in [3.8, 4) is 0 Å². The molecule has 0 aliphatic carbocycles. The topological polar surface area (TPSA) is 87.0 Å². The average molecular weight is 344 g/mol. The quantitative estimate of drug-likeness (QED) is 0.584. The molecule has 1 heterocycles. The number of hydrazone groups is 1. The van der Waals surface area contributed by atoms with E-state index in [0.29, 0.717) is 22.1 Å². The van der Waals surface area contributed by atoms with Gasteiger partial charge in [-0.1, -0.05) is 36.4 Å². The minimum absolute atomic E-state index is 0.146. The SMILES string of the molecule is O=C(O)c1ccc(C=NN2C(=O)c3cccc4cccc(c34)C2=O)cc1. The molecule has 3 aromatic rings. The first-order chi connectivity index (χ1) is 12.6. The van der Waals surface area contributed by atoms with E-state index in [4.69, 9.17) is 5.11 Å². The van der Waals surface area contributed by atoms with Gasteiger partial charge in [0, 0.05) is 5.39 Å². The molecule has 0 spiro atoms. The summed E-state index contributed by atoms with van der Waals surface area (Å²) in [5, 5.41) is 15.3. The smallest absolute Gasteiger partial charge is 0.335 e. The zero-order valence-corrected chi connectivity index (χ0v) is 13.4. The highest BCUT2D eigenvalue weighted by atomic mass is 16.4. The van der Waals surface area contributed by atoms with E-state index in [-0.39, 0.29) is 5.56 Å². The number of carboxylic acid groups (broad SMARTS) is 1. The predicted octanol–water partition coefficient (Wildman–Crippen LogP) is 3.17. The molecule has 26 heavy (non-hydrogen) atoms. The maximum Gasteiger partial charge on any atom is 0.335 e. The molecule has 0 bridgehead atoms. The van der Waals surface area contributed by atoms with Gasteiger partial charge in [-0.2, -0.15) is 10.1 Å². The molecule has 0 saturated carbocycles. The van der Waals surface area contributed by atoms with E-state index in [2.05, 4.69) is 5.10 Å². The molecule has 3 aromatic carbocycles. The van der Waals surface area contributed by atoms with Crippen LogP contribution in [0.25, 0.3) is 10.8 Å².